The molecule has 1 aliphatic carbocycles. The average molecular weight is 405 g/mol. The predicted molar refractivity (Wildman–Crippen MR) is 115 cm³/mol. The topological polar surface area (TPSA) is 103 Å². The van der Waals surface area contributed by atoms with Gasteiger partial charge >= 0.3 is 0 Å². The molecule has 4 N–H and O–H groups in total. The van der Waals surface area contributed by atoms with Crippen LogP contribution in [0.25, 0.3) is 0 Å². The van der Waals surface area contributed by atoms with Crippen LogP contribution in [0, 0.1) is 11.3 Å². The van der Waals surface area contributed by atoms with Gasteiger partial charge in [-0.15, -0.1) is 11.6 Å². The summed E-state index contributed by atoms with van der Waals surface area (Å²) in [5.74, 6) is 0.696. The fraction of sp³-hybridized carbons (Fsp3) is 0.450. The summed E-state index contributed by atoms with van der Waals surface area (Å²) in [4.78, 5) is 6.32. The third-order valence-electron chi connectivity index (χ3n) is 4.61. The van der Waals surface area contributed by atoms with E-state index in [1.165, 1.54) is 6.20 Å². The Morgan fingerprint density at radius 3 is 2.93 bits per heavy atom. The molecule has 1 aromatic heterocycles. The molecule has 2 unspecified atom stereocenters. The van der Waals surface area contributed by atoms with Crippen LogP contribution in [0.15, 0.2) is 52.8 Å². The highest BCUT2D eigenvalue weighted by atomic mass is 35.5. The van der Waals surface area contributed by atoms with Gasteiger partial charge in [0.15, 0.2) is 0 Å². The molecule has 0 saturated heterocycles. The van der Waals surface area contributed by atoms with E-state index in [1.807, 2.05) is 11.8 Å². The lowest BCUT2D eigenvalue weighted by Gasteiger charge is -2.32. The Morgan fingerprint density at radius 1 is 1.54 bits per heavy atom. The Morgan fingerprint density at radius 2 is 2.36 bits per heavy atom. The smallest absolute Gasteiger partial charge is 0.147 e. The molecule has 0 amide bonds. The first kappa shape index (κ1) is 21.9. The summed E-state index contributed by atoms with van der Waals surface area (Å²) in [6.07, 6.45) is 13.1. The molecule has 0 aliphatic heterocycles. The van der Waals surface area contributed by atoms with Crippen LogP contribution in [0.5, 0.6) is 0 Å². The number of ether oxygens (including phenoxy) is 1. The van der Waals surface area contributed by atoms with Crippen LogP contribution in [0.1, 0.15) is 19.8 Å². The third kappa shape index (κ3) is 5.81. The monoisotopic (exact) mass is 404 g/mol. The predicted octanol–water partition coefficient (Wildman–Crippen LogP) is 3.40. The van der Waals surface area contributed by atoms with Gasteiger partial charge in [-0.2, -0.15) is 5.10 Å². The molecular weight excluding hydrogens is 376 g/mol. The van der Waals surface area contributed by atoms with E-state index in [2.05, 4.69) is 33.4 Å². The highest BCUT2D eigenvalue weighted by molar-refractivity contribution is 6.32. The Kier molecular flexibility index (Phi) is 8.97. The van der Waals surface area contributed by atoms with Gasteiger partial charge in [0.2, 0.25) is 0 Å². The number of aliphatic imine (C=N–C) groups is 1. The minimum atomic E-state index is -0.589. The number of nitrogens with zero attached hydrogens (tertiary/aromatic N) is 3. The summed E-state index contributed by atoms with van der Waals surface area (Å²) >= 11 is 6.86. The molecule has 0 saturated carbocycles. The van der Waals surface area contributed by atoms with Gasteiger partial charge in [-0.05, 0) is 37.1 Å². The van der Waals surface area contributed by atoms with Gasteiger partial charge in [0.05, 0.1) is 12.8 Å². The summed E-state index contributed by atoms with van der Waals surface area (Å²) in [5.41, 5.74) is 7.75. The number of methoxy groups -OCH3 is 1. The lowest BCUT2D eigenvalue weighted by atomic mass is 9.85. The highest BCUT2D eigenvalue weighted by Gasteiger charge is 2.31. The van der Waals surface area contributed by atoms with Gasteiger partial charge in [-0.1, -0.05) is 18.2 Å². The maximum absolute atomic E-state index is 8.68. The number of rotatable bonds is 10. The van der Waals surface area contributed by atoms with E-state index in [0.29, 0.717) is 31.3 Å². The van der Waals surface area contributed by atoms with Gasteiger partial charge in [0.1, 0.15) is 17.0 Å². The molecule has 0 fully saturated rings. The molecule has 0 aromatic carbocycles. The molecule has 2 rings (SSSR count). The maximum atomic E-state index is 8.68. The molecule has 28 heavy (non-hydrogen) atoms. The Bertz CT molecular complexity index is 738. The second kappa shape index (κ2) is 11.5. The molecule has 0 bridgehead atoms. The molecule has 8 heteroatoms. The summed E-state index contributed by atoms with van der Waals surface area (Å²) in [6.45, 7) is 3.83. The van der Waals surface area contributed by atoms with E-state index in [9.17, 15) is 0 Å². The number of nitrogens with one attached hydrogen (secondary N) is 2. The molecule has 1 aliphatic rings. The van der Waals surface area contributed by atoms with Crippen molar-refractivity contribution in [2.24, 2.45) is 16.6 Å². The third-order valence-corrected chi connectivity index (χ3v) is 5.07. The van der Waals surface area contributed by atoms with Crippen molar-refractivity contribution in [2.45, 2.75) is 25.1 Å². The van der Waals surface area contributed by atoms with Gasteiger partial charge in [-0.3, -0.25) is 10.5 Å². The minimum absolute atomic E-state index is 0.279. The van der Waals surface area contributed by atoms with Crippen LogP contribution in [-0.2, 0) is 4.74 Å². The van der Waals surface area contributed by atoms with Gasteiger partial charge in [-0.25, -0.2) is 4.99 Å². The number of halogens is 1. The summed E-state index contributed by atoms with van der Waals surface area (Å²) in [6, 6.07) is 1.77. The zero-order valence-corrected chi connectivity index (χ0v) is 17.2. The molecule has 2 atom stereocenters. The van der Waals surface area contributed by atoms with E-state index < -0.39 is 5.38 Å². The fourth-order valence-electron chi connectivity index (χ4n) is 3.07. The first-order valence-electron chi connectivity index (χ1n) is 9.40. The summed E-state index contributed by atoms with van der Waals surface area (Å²) in [5, 5.41) is 14.8. The normalized spacial score (nSPS) is 16.8. The summed E-state index contributed by atoms with van der Waals surface area (Å²) < 4.78 is 5.16. The van der Waals surface area contributed by atoms with Crippen LogP contribution < -0.4 is 5.73 Å². The largest absolute Gasteiger partial charge is 0.404 e. The number of H-pyrrole nitrogens is 1. The van der Waals surface area contributed by atoms with Crippen LogP contribution in [0.2, 0.25) is 0 Å². The average Bonchev–Trinajstić information content (AvgIpc) is 3.25. The van der Waals surface area contributed by atoms with E-state index in [4.69, 9.17) is 27.5 Å². The van der Waals surface area contributed by atoms with E-state index in [1.54, 1.807) is 25.6 Å². The van der Waals surface area contributed by atoms with Crippen molar-refractivity contribution in [1.82, 2.24) is 15.1 Å². The number of aromatic amines is 1. The van der Waals surface area contributed by atoms with Crippen LogP contribution in [0.3, 0.4) is 0 Å². The van der Waals surface area contributed by atoms with Crippen molar-refractivity contribution in [3.8, 4) is 0 Å². The minimum Gasteiger partial charge on any atom is -0.404 e. The molecule has 152 valence electrons. The Hall–Kier alpha value is -2.38. The van der Waals surface area contributed by atoms with Crippen LogP contribution >= 0.6 is 11.6 Å². The van der Waals surface area contributed by atoms with Gasteiger partial charge in [0, 0.05) is 38.4 Å². The summed E-state index contributed by atoms with van der Waals surface area (Å²) in [7, 11) is 1.65. The zero-order chi connectivity index (χ0) is 20.4. The van der Waals surface area contributed by atoms with Gasteiger partial charge < -0.3 is 15.4 Å². The number of hydrogen-bond acceptors (Lipinski definition) is 5. The fourth-order valence-corrected chi connectivity index (χ4v) is 3.50. The van der Waals surface area contributed by atoms with Crippen LogP contribution in [-0.4, -0.2) is 59.3 Å². The first-order chi connectivity index (χ1) is 13.6. The Balaban J connectivity index is 2.31. The van der Waals surface area contributed by atoms with Crippen molar-refractivity contribution in [2.75, 3.05) is 26.8 Å². The first-order valence-corrected chi connectivity index (χ1v) is 9.84. The lowest BCUT2D eigenvalue weighted by Crippen LogP contribution is -2.42. The van der Waals surface area contributed by atoms with E-state index in [-0.39, 0.29) is 5.92 Å². The molecule has 7 nitrogen and oxygen atoms in total. The van der Waals surface area contributed by atoms with Crippen molar-refractivity contribution in [3.05, 3.63) is 47.8 Å². The number of likely N-dealkylation sites (N-methyl/N-ethyl adjacent to an activating group) is 1. The van der Waals surface area contributed by atoms with Crippen LogP contribution in [0.4, 0.5) is 5.82 Å². The zero-order valence-electron chi connectivity index (χ0n) is 16.4. The SMILES string of the molecule is CCN(CCOC)C(=N)C(Cl)C(C(C=Nc1ccn[nH]1)=CN)C1=CCCC=C1. The number of aromatic nitrogens is 2. The second-order valence-corrected chi connectivity index (χ2v) is 6.86. The van der Waals surface area contributed by atoms with Gasteiger partial charge in [0.25, 0.3) is 0 Å². The number of amidine groups is 1. The molecular formula is C20H29ClN6O. The molecule has 1 heterocycles. The molecule has 0 spiro atoms. The quantitative estimate of drug-likeness (QED) is 0.316. The van der Waals surface area contributed by atoms with Crippen molar-refractivity contribution < 1.29 is 4.74 Å². The van der Waals surface area contributed by atoms with Crippen molar-refractivity contribution in [1.29, 1.82) is 5.41 Å². The number of hydrogen-bond donors (Lipinski definition) is 3. The number of alkyl halides is 1. The van der Waals surface area contributed by atoms with E-state index in [0.717, 1.165) is 24.0 Å². The van der Waals surface area contributed by atoms with Crippen molar-refractivity contribution in [3.63, 3.8) is 0 Å². The maximum Gasteiger partial charge on any atom is 0.147 e. The molecule has 1 aromatic rings. The standard InChI is InChI=1S/C20H29ClN6O/c1-3-27(11-12-28-2)20(23)19(21)18(15-7-5-4-6-8-15)16(13-22)14-24-17-9-10-25-26-17/h5,7-10,13-14,18-19,23H,3-4,6,11-12,22H2,1-2H3,(H,25,26). The number of allylic oxidation sites excluding steroid dienone is 5. The van der Waals surface area contributed by atoms with E-state index >= 15 is 0 Å². The second-order valence-electron chi connectivity index (χ2n) is 6.39. The highest BCUT2D eigenvalue weighted by Crippen LogP contribution is 2.31. The van der Waals surface area contributed by atoms with Crippen molar-refractivity contribution >= 4 is 29.5 Å². The Labute approximate surface area is 171 Å². The molecule has 0 radical (unpaired) electrons. The lowest BCUT2D eigenvalue weighted by molar-refractivity contribution is 0.176. The number of nitrogens with two attached hydrogens (primary N) is 1.